The molecule has 0 bridgehead atoms. The van der Waals surface area contributed by atoms with Gasteiger partial charge >= 0.3 is 0 Å². The molecule has 0 radical (unpaired) electrons. The third kappa shape index (κ3) is 3.67. The predicted molar refractivity (Wildman–Crippen MR) is 190 cm³/mol. The molecule has 2 aromatic heterocycles. The van der Waals surface area contributed by atoms with Crippen molar-refractivity contribution < 1.29 is 0 Å². The van der Waals surface area contributed by atoms with Crippen LogP contribution >= 0.6 is 0 Å². The van der Waals surface area contributed by atoms with E-state index < -0.39 is 0 Å². The fourth-order valence-electron chi connectivity index (χ4n) is 7.26. The molecule has 0 amide bonds. The van der Waals surface area contributed by atoms with Gasteiger partial charge in [0, 0.05) is 23.5 Å². The maximum atomic E-state index is 4.74. The lowest BCUT2D eigenvalue weighted by Gasteiger charge is -2.17. The molecular weight excluding hydrogens is 560 g/mol. The summed E-state index contributed by atoms with van der Waals surface area (Å²) in [6, 6.07) is 43.7. The summed E-state index contributed by atoms with van der Waals surface area (Å²) < 4.78 is 0. The van der Waals surface area contributed by atoms with Crippen LogP contribution in [0, 0.1) is 0 Å². The van der Waals surface area contributed by atoms with Gasteiger partial charge in [0.1, 0.15) is 5.69 Å². The van der Waals surface area contributed by atoms with E-state index in [1.54, 1.807) is 12.4 Å². The Bertz CT molecular complexity index is 2760. The van der Waals surface area contributed by atoms with Crippen molar-refractivity contribution in [2.24, 2.45) is 0 Å². The molecule has 2 heterocycles. The molecule has 0 aliphatic carbocycles. The van der Waals surface area contributed by atoms with Crippen molar-refractivity contribution >= 4 is 64.6 Å². The average molecular weight is 585 g/mol. The van der Waals surface area contributed by atoms with Gasteiger partial charge in [0.15, 0.2) is 5.82 Å². The van der Waals surface area contributed by atoms with Gasteiger partial charge in [-0.1, -0.05) is 109 Å². The number of hydrogen-bond donors (Lipinski definition) is 0. The standard InChI is InChI=1S/C42H24N4/c1-2-7-25(8-3-1)36-23-44-37(24-43-36)42-45-21-31(22-46-42)30-19-29-18-17-28-10-5-13-33-32-12-4-9-26-15-16-27-11-6-14-34(40(27)38(26)32)35(20-30)41(29)39(28)33/h1-24H. The molecule has 0 N–H and O–H groups in total. The zero-order chi connectivity index (χ0) is 30.2. The van der Waals surface area contributed by atoms with Crippen LogP contribution in [0.2, 0.25) is 0 Å². The number of hydrogen-bond acceptors (Lipinski definition) is 4. The Morgan fingerprint density at radius 2 is 0.826 bits per heavy atom. The van der Waals surface area contributed by atoms with Crippen molar-refractivity contribution in [2.75, 3.05) is 0 Å². The molecule has 0 aliphatic heterocycles. The molecule has 46 heavy (non-hydrogen) atoms. The topological polar surface area (TPSA) is 51.6 Å². The van der Waals surface area contributed by atoms with Crippen LogP contribution in [0.3, 0.4) is 0 Å². The molecule has 0 saturated carbocycles. The lowest BCUT2D eigenvalue weighted by molar-refractivity contribution is 1.11. The van der Waals surface area contributed by atoms with Gasteiger partial charge in [-0.25, -0.2) is 15.0 Å². The summed E-state index contributed by atoms with van der Waals surface area (Å²) in [5.74, 6) is 0.551. The highest BCUT2D eigenvalue weighted by Gasteiger charge is 2.16. The minimum absolute atomic E-state index is 0.551. The van der Waals surface area contributed by atoms with Crippen LogP contribution < -0.4 is 0 Å². The molecule has 0 unspecified atom stereocenters. The molecule has 0 spiro atoms. The molecule has 0 saturated heterocycles. The van der Waals surface area contributed by atoms with Crippen LogP contribution in [0.1, 0.15) is 0 Å². The molecular formula is C42H24N4. The summed E-state index contributed by atoms with van der Waals surface area (Å²) in [5, 5.41) is 15.2. The highest BCUT2D eigenvalue weighted by Crippen LogP contribution is 2.44. The maximum Gasteiger partial charge on any atom is 0.179 e. The molecule has 4 nitrogen and oxygen atoms in total. The molecule has 0 aliphatic rings. The van der Waals surface area contributed by atoms with Crippen LogP contribution in [0.15, 0.2) is 146 Å². The van der Waals surface area contributed by atoms with Gasteiger partial charge in [-0.2, -0.15) is 0 Å². The van der Waals surface area contributed by atoms with E-state index in [-0.39, 0.29) is 0 Å². The van der Waals surface area contributed by atoms with Crippen molar-refractivity contribution in [3.63, 3.8) is 0 Å². The Hall–Kier alpha value is -6.26. The van der Waals surface area contributed by atoms with Gasteiger partial charge < -0.3 is 0 Å². The summed E-state index contributed by atoms with van der Waals surface area (Å²) in [5.41, 5.74) is 4.53. The van der Waals surface area contributed by atoms with Crippen LogP contribution in [0.4, 0.5) is 0 Å². The zero-order valence-corrected chi connectivity index (χ0v) is 24.6. The van der Waals surface area contributed by atoms with Crippen LogP contribution in [-0.2, 0) is 0 Å². The lowest BCUT2D eigenvalue weighted by atomic mass is 9.87. The quantitative estimate of drug-likeness (QED) is 0.194. The Morgan fingerprint density at radius 1 is 0.304 bits per heavy atom. The summed E-state index contributed by atoms with van der Waals surface area (Å²) >= 11 is 0. The van der Waals surface area contributed by atoms with E-state index in [9.17, 15) is 0 Å². The van der Waals surface area contributed by atoms with Crippen LogP contribution in [0.5, 0.6) is 0 Å². The number of fused-ring (bicyclic) bond motifs is 2. The number of nitrogens with zero attached hydrogens (tertiary/aromatic N) is 4. The Kier molecular flexibility index (Phi) is 5.25. The molecule has 8 aromatic carbocycles. The van der Waals surface area contributed by atoms with Gasteiger partial charge in [0.25, 0.3) is 0 Å². The van der Waals surface area contributed by atoms with Crippen molar-refractivity contribution in [1.29, 1.82) is 0 Å². The van der Waals surface area contributed by atoms with Gasteiger partial charge in [-0.15, -0.1) is 0 Å². The van der Waals surface area contributed by atoms with E-state index in [0.29, 0.717) is 11.5 Å². The zero-order valence-electron chi connectivity index (χ0n) is 24.6. The van der Waals surface area contributed by atoms with Gasteiger partial charge in [-0.3, -0.25) is 4.98 Å². The van der Waals surface area contributed by atoms with Gasteiger partial charge in [0.05, 0.1) is 18.1 Å². The molecule has 10 rings (SSSR count). The van der Waals surface area contributed by atoms with E-state index in [1.807, 2.05) is 42.7 Å². The lowest BCUT2D eigenvalue weighted by Crippen LogP contribution is -1.95. The highest BCUT2D eigenvalue weighted by atomic mass is 14.9. The van der Waals surface area contributed by atoms with Crippen molar-refractivity contribution in [2.45, 2.75) is 0 Å². The normalized spacial score (nSPS) is 11.9. The molecule has 0 atom stereocenters. The Labute approximate surface area is 264 Å². The SMILES string of the molecule is c1ccc(-c2cnc(-c3ncc(-c4cc5ccc6cccc7c8cccc9ccc%10cccc(c(c4)c5c67)c%10c98)cn3)cn2)cc1. The second-order valence-corrected chi connectivity index (χ2v) is 11.9. The van der Waals surface area contributed by atoms with E-state index in [0.717, 1.165) is 22.4 Å². The van der Waals surface area contributed by atoms with Gasteiger partial charge in [-0.05, 0) is 82.3 Å². The molecule has 10 aromatic rings. The van der Waals surface area contributed by atoms with E-state index >= 15 is 0 Å². The first-order valence-corrected chi connectivity index (χ1v) is 15.5. The summed E-state index contributed by atoms with van der Waals surface area (Å²) in [6.07, 6.45) is 7.31. The monoisotopic (exact) mass is 584 g/mol. The fourth-order valence-corrected chi connectivity index (χ4v) is 7.26. The average Bonchev–Trinajstić information content (AvgIpc) is 3.13. The molecule has 4 heteroatoms. The van der Waals surface area contributed by atoms with E-state index in [2.05, 4.69) is 101 Å². The predicted octanol–water partition coefficient (Wildman–Crippen LogP) is 10.6. The third-order valence-electron chi connectivity index (χ3n) is 9.36. The second-order valence-electron chi connectivity index (χ2n) is 11.9. The molecule has 0 fully saturated rings. The maximum absolute atomic E-state index is 4.74. The summed E-state index contributed by atoms with van der Waals surface area (Å²) in [7, 11) is 0. The Morgan fingerprint density at radius 3 is 1.41 bits per heavy atom. The van der Waals surface area contributed by atoms with E-state index in [1.165, 1.54) is 64.6 Å². The largest absolute Gasteiger partial charge is 0.252 e. The van der Waals surface area contributed by atoms with Crippen molar-refractivity contribution in [1.82, 2.24) is 19.9 Å². The first-order valence-electron chi connectivity index (χ1n) is 15.5. The fraction of sp³-hybridized carbons (Fsp3) is 0. The number of benzene rings is 7. The third-order valence-corrected chi connectivity index (χ3v) is 9.36. The number of aromatic nitrogens is 4. The van der Waals surface area contributed by atoms with Gasteiger partial charge in [0.2, 0.25) is 0 Å². The van der Waals surface area contributed by atoms with Crippen molar-refractivity contribution in [3.8, 4) is 33.9 Å². The first-order chi connectivity index (χ1) is 22.8. The minimum Gasteiger partial charge on any atom is -0.252 e. The van der Waals surface area contributed by atoms with Crippen LogP contribution in [0.25, 0.3) is 98.5 Å². The minimum atomic E-state index is 0.551. The first kappa shape index (κ1) is 25.1. The molecule has 212 valence electrons. The Balaban J connectivity index is 1.21. The summed E-state index contributed by atoms with van der Waals surface area (Å²) in [4.78, 5) is 18.7. The smallest absolute Gasteiger partial charge is 0.179 e. The van der Waals surface area contributed by atoms with Crippen molar-refractivity contribution in [3.05, 3.63) is 146 Å². The highest BCUT2D eigenvalue weighted by molar-refractivity contribution is 6.37. The second kappa shape index (κ2) is 9.62. The van der Waals surface area contributed by atoms with E-state index in [4.69, 9.17) is 9.97 Å². The number of rotatable bonds is 3. The van der Waals surface area contributed by atoms with Crippen LogP contribution in [-0.4, -0.2) is 19.9 Å². The summed E-state index contributed by atoms with van der Waals surface area (Å²) in [6.45, 7) is 0.